The minimum atomic E-state index is -4.54. The number of alkyl halides is 3. The summed E-state index contributed by atoms with van der Waals surface area (Å²) in [6, 6.07) is 3.54. The Morgan fingerprint density at radius 1 is 1.39 bits per heavy atom. The molecule has 0 aromatic heterocycles. The molecule has 1 aliphatic rings. The normalized spacial score (nSPS) is 15.6. The van der Waals surface area contributed by atoms with E-state index >= 15 is 0 Å². The Labute approximate surface area is 102 Å². The highest BCUT2D eigenvalue weighted by molar-refractivity contribution is 6.00. The molecule has 0 saturated heterocycles. The highest BCUT2D eigenvalue weighted by Crippen LogP contribution is 2.36. The van der Waals surface area contributed by atoms with Gasteiger partial charge in [0.15, 0.2) is 0 Å². The van der Waals surface area contributed by atoms with Crippen molar-refractivity contribution >= 4 is 11.6 Å². The lowest BCUT2D eigenvalue weighted by atomic mass is 10.1. The lowest BCUT2D eigenvalue weighted by Crippen LogP contribution is -2.30. The number of benzene rings is 1. The number of para-hydroxylation sites is 1. The number of carbonyl (C=O) groups is 1. The van der Waals surface area contributed by atoms with Gasteiger partial charge in [-0.05, 0) is 25.0 Å². The molecule has 3 nitrogen and oxygen atoms in total. The van der Waals surface area contributed by atoms with Crippen LogP contribution in [0.1, 0.15) is 28.8 Å². The van der Waals surface area contributed by atoms with E-state index < -0.39 is 23.3 Å². The number of anilines is 1. The molecule has 1 aromatic carbocycles. The first-order chi connectivity index (χ1) is 8.32. The molecule has 0 aliphatic heterocycles. The monoisotopic (exact) mass is 258 g/mol. The second kappa shape index (κ2) is 4.19. The van der Waals surface area contributed by atoms with Crippen molar-refractivity contribution in [1.82, 2.24) is 4.90 Å². The van der Waals surface area contributed by atoms with Gasteiger partial charge >= 0.3 is 6.18 Å². The first-order valence-electron chi connectivity index (χ1n) is 5.55. The maximum Gasteiger partial charge on any atom is 0.418 e. The zero-order valence-corrected chi connectivity index (χ0v) is 9.79. The van der Waals surface area contributed by atoms with Crippen LogP contribution in [0, 0.1) is 0 Å². The van der Waals surface area contributed by atoms with Gasteiger partial charge in [-0.2, -0.15) is 13.2 Å². The highest BCUT2D eigenvalue weighted by atomic mass is 19.4. The van der Waals surface area contributed by atoms with E-state index in [9.17, 15) is 18.0 Å². The van der Waals surface area contributed by atoms with E-state index in [2.05, 4.69) is 0 Å². The second-order valence-corrected chi connectivity index (χ2v) is 4.41. The summed E-state index contributed by atoms with van der Waals surface area (Å²) in [4.78, 5) is 13.5. The summed E-state index contributed by atoms with van der Waals surface area (Å²) in [6.07, 6.45) is -2.76. The van der Waals surface area contributed by atoms with E-state index in [1.54, 1.807) is 7.05 Å². The van der Waals surface area contributed by atoms with Crippen LogP contribution in [0.4, 0.5) is 18.9 Å². The molecule has 2 N–H and O–H groups in total. The van der Waals surface area contributed by atoms with Crippen molar-refractivity contribution in [1.29, 1.82) is 0 Å². The molecule has 1 saturated carbocycles. The molecule has 1 aromatic rings. The van der Waals surface area contributed by atoms with Crippen LogP contribution in [0.2, 0.25) is 0 Å². The van der Waals surface area contributed by atoms with Gasteiger partial charge < -0.3 is 10.6 Å². The van der Waals surface area contributed by atoms with Crippen LogP contribution in [0.3, 0.4) is 0 Å². The zero-order valence-electron chi connectivity index (χ0n) is 9.79. The van der Waals surface area contributed by atoms with Gasteiger partial charge in [-0.15, -0.1) is 0 Å². The van der Waals surface area contributed by atoms with Crippen molar-refractivity contribution in [2.45, 2.75) is 25.1 Å². The summed E-state index contributed by atoms with van der Waals surface area (Å²) in [5.74, 6) is -0.457. The topological polar surface area (TPSA) is 46.3 Å². The van der Waals surface area contributed by atoms with Crippen molar-refractivity contribution in [2.24, 2.45) is 0 Å². The number of carbonyl (C=O) groups excluding carboxylic acids is 1. The van der Waals surface area contributed by atoms with Crippen LogP contribution in [-0.4, -0.2) is 23.9 Å². The summed E-state index contributed by atoms with van der Waals surface area (Å²) in [6.45, 7) is 0. The molecule has 0 atom stereocenters. The molecule has 18 heavy (non-hydrogen) atoms. The third-order valence-corrected chi connectivity index (χ3v) is 3.06. The predicted octanol–water partition coefficient (Wildman–Crippen LogP) is 2.52. The number of rotatable bonds is 2. The number of nitrogen functional groups attached to an aromatic ring is 1. The number of halogens is 3. The van der Waals surface area contributed by atoms with Gasteiger partial charge in [-0.1, -0.05) is 6.07 Å². The Kier molecular flexibility index (Phi) is 2.96. The molecule has 2 rings (SSSR count). The number of amides is 1. The van der Waals surface area contributed by atoms with Crippen molar-refractivity contribution in [3.05, 3.63) is 29.3 Å². The number of hydrogen-bond acceptors (Lipinski definition) is 2. The van der Waals surface area contributed by atoms with E-state index in [-0.39, 0.29) is 11.6 Å². The molecule has 0 bridgehead atoms. The maximum absolute atomic E-state index is 12.7. The smallest absolute Gasteiger partial charge is 0.398 e. The molecule has 6 heteroatoms. The van der Waals surface area contributed by atoms with Gasteiger partial charge in [0.2, 0.25) is 0 Å². The lowest BCUT2D eigenvalue weighted by molar-refractivity contribution is -0.136. The Morgan fingerprint density at radius 2 is 2.00 bits per heavy atom. The fourth-order valence-electron chi connectivity index (χ4n) is 1.82. The highest BCUT2D eigenvalue weighted by Gasteiger charge is 2.36. The molecular weight excluding hydrogens is 245 g/mol. The molecule has 0 spiro atoms. The molecule has 0 heterocycles. The minimum Gasteiger partial charge on any atom is -0.398 e. The maximum atomic E-state index is 12.7. The fraction of sp³-hybridized carbons (Fsp3) is 0.417. The van der Waals surface area contributed by atoms with Crippen LogP contribution in [0.15, 0.2) is 18.2 Å². The molecule has 1 aliphatic carbocycles. The molecular formula is C12H13F3N2O. The summed E-state index contributed by atoms with van der Waals surface area (Å²) in [5.41, 5.74) is 3.92. The number of hydrogen-bond donors (Lipinski definition) is 1. The zero-order chi connectivity index (χ0) is 13.5. The van der Waals surface area contributed by atoms with Crippen LogP contribution < -0.4 is 5.73 Å². The summed E-state index contributed by atoms with van der Waals surface area (Å²) >= 11 is 0. The van der Waals surface area contributed by atoms with E-state index in [1.807, 2.05) is 0 Å². The minimum absolute atomic E-state index is 0.0841. The Morgan fingerprint density at radius 3 is 2.50 bits per heavy atom. The van der Waals surface area contributed by atoms with Crippen LogP contribution in [-0.2, 0) is 6.18 Å². The van der Waals surface area contributed by atoms with Crippen molar-refractivity contribution in [3.63, 3.8) is 0 Å². The predicted molar refractivity (Wildman–Crippen MR) is 61.0 cm³/mol. The quantitative estimate of drug-likeness (QED) is 0.828. The van der Waals surface area contributed by atoms with Gasteiger partial charge in [-0.25, -0.2) is 0 Å². The summed E-state index contributed by atoms with van der Waals surface area (Å²) in [7, 11) is 1.58. The third-order valence-electron chi connectivity index (χ3n) is 3.06. The van der Waals surface area contributed by atoms with E-state index in [4.69, 9.17) is 5.73 Å². The Hall–Kier alpha value is -1.72. The van der Waals surface area contributed by atoms with E-state index in [0.717, 1.165) is 18.9 Å². The van der Waals surface area contributed by atoms with E-state index in [0.29, 0.717) is 0 Å². The molecule has 0 unspecified atom stereocenters. The van der Waals surface area contributed by atoms with Gasteiger partial charge in [0.05, 0.1) is 16.8 Å². The van der Waals surface area contributed by atoms with Gasteiger partial charge in [0.1, 0.15) is 0 Å². The lowest BCUT2D eigenvalue weighted by Gasteiger charge is -2.19. The number of nitrogens with zero attached hydrogens (tertiary/aromatic N) is 1. The van der Waals surface area contributed by atoms with Crippen LogP contribution >= 0.6 is 0 Å². The Bertz CT molecular complexity index is 481. The third kappa shape index (κ3) is 2.27. The fourth-order valence-corrected chi connectivity index (χ4v) is 1.82. The SMILES string of the molecule is CN(C(=O)c1cccc(C(F)(F)F)c1N)C1CC1. The van der Waals surface area contributed by atoms with Crippen LogP contribution in [0.5, 0.6) is 0 Å². The molecule has 0 radical (unpaired) electrons. The Balaban J connectivity index is 2.36. The summed E-state index contributed by atoms with van der Waals surface area (Å²) < 4.78 is 38.0. The average Bonchev–Trinajstić information content (AvgIpc) is 3.09. The molecule has 1 fully saturated rings. The first kappa shape index (κ1) is 12.7. The molecule has 1 amide bonds. The largest absolute Gasteiger partial charge is 0.418 e. The first-order valence-corrected chi connectivity index (χ1v) is 5.55. The van der Waals surface area contributed by atoms with Crippen LogP contribution in [0.25, 0.3) is 0 Å². The molecule has 98 valence electrons. The van der Waals surface area contributed by atoms with Gasteiger partial charge in [-0.3, -0.25) is 4.79 Å². The average molecular weight is 258 g/mol. The standard InChI is InChI=1S/C12H13F3N2O/c1-17(7-5-6-7)11(18)8-3-2-4-9(10(8)16)12(13,14)15/h2-4,7H,5-6,16H2,1H3. The van der Waals surface area contributed by atoms with Crippen molar-refractivity contribution in [2.75, 3.05) is 12.8 Å². The van der Waals surface area contributed by atoms with Gasteiger partial charge in [0.25, 0.3) is 5.91 Å². The van der Waals surface area contributed by atoms with Gasteiger partial charge in [0, 0.05) is 13.1 Å². The number of nitrogens with two attached hydrogens (primary N) is 1. The van der Waals surface area contributed by atoms with E-state index in [1.165, 1.54) is 17.0 Å². The second-order valence-electron chi connectivity index (χ2n) is 4.41. The summed E-state index contributed by atoms with van der Waals surface area (Å²) in [5, 5.41) is 0. The van der Waals surface area contributed by atoms with Crippen molar-refractivity contribution in [3.8, 4) is 0 Å². The van der Waals surface area contributed by atoms with Crippen molar-refractivity contribution < 1.29 is 18.0 Å².